The maximum atomic E-state index is 12.9. The maximum Gasteiger partial charge on any atom is 0.573 e. The van der Waals surface area contributed by atoms with Gasteiger partial charge in [-0.15, -0.1) is 18.3 Å². The average molecular weight is 651 g/mol. The van der Waals surface area contributed by atoms with E-state index in [4.69, 9.17) is 0 Å². The standard InChI is InChI=1S/C34H37F3N6O2S/c1-4-6-26-8-7-23(2)21-30(26)42-19-5-20-46-33(42)40-32(44)38-18-17-24(3)25-9-11-27(12-10-25)31-39-22-43(41-31)28-13-15-29(16-14-28)45-34(35,36)37/h7-16,21-22,24H,4-6,17-20H2,1-3H3,(H,38,44)/b40-33-. The molecule has 1 unspecified atom stereocenters. The number of aromatic nitrogens is 3. The van der Waals surface area contributed by atoms with E-state index in [0.717, 1.165) is 60.0 Å². The van der Waals surface area contributed by atoms with Gasteiger partial charge in [-0.05, 0) is 79.1 Å². The van der Waals surface area contributed by atoms with E-state index in [1.54, 1.807) is 11.8 Å². The van der Waals surface area contributed by atoms with Gasteiger partial charge in [0.25, 0.3) is 0 Å². The number of rotatable bonds is 10. The maximum absolute atomic E-state index is 12.9. The number of ether oxygens (including phenoxy) is 1. The number of hydrogen-bond acceptors (Lipinski definition) is 5. The lowest BCUT2D eigenvalue weighted by molar-refractivity contribution is -0.274. The molecule has 0 saturated carbocycles. The van der Waals surface area contributed by atoms with Crippen LogP contribution in [-0.2, 0) is 6.42 Å². The molecule has 0 aliphatic carbocycles. The van der Waals surface area contributed by atoms with Crippen LogP contribution >= 0.6 is 11.8 Å². The molecule has 1 aliphatic rings. The van der Waals surface area contributed by atoms with E-state index >= 15 is 0 Å². The monoisotopic (exact) mass is 650 g/mol. The SMILES string of the molecule is CCCc1ccc(C)cc1N1CCCS/C1=N\C(=O)NCCC(C)c1ccc(-c2ncn(-c3ccc(OC(F)(F)F)cc3)n2)cc1. The Morgan fingerprint density at radius 3 is 2.59 bits per heavy atom. The number of alkyl halides is 3. The van der Waals surface area contributed by atoms with Crippen molar-refractivity contribution in [3.05, 3.63) is 89.7 Å². The number of nitrogens with zero attached hydrogens (tertiary/aromatic N) is 5. The molecule has 12 heteroatoms. The number of aliphatic imine (C=N–C) groups is 1. The first-order valence-electron chi connectivity index (χ1n) is 15.3. The zero-order valence-electron chi connectivity index (χ0n) is 26.1. The molecule has 3 aromatic carbocycles. The molecule has 0 spiro atoms. The Labute approximate surface area is 271 Å². The lowest BCUT2D eigenvalue weighted by Crippen LogP contribution is -2.36. The van der Waals surface area contributed by atoms with Crippen LogP contribution in [0.4, 0.5) is 23.7 Å². The molecule has 4 aromatic rings. The van der Waals surface area contributed by atoms with Crippen molar-refractivity contribution in [3.63, 3.8) is 0 Å². The normalized spacial score (nSPS) is 15.2. The number of hydrogen-bond donors (Lipinski definition) is 1. The summed E-state index contributed by atoms with van der Waals surface area (Å²) in [5.41, 5.74) is 6.09. The van der Waals surface area contributed by atoms with Crippen molar-refractivity contribution in [1.82, 2.24) is 20.1 Å². The highest BCUT2D eigenvalue weighted by atomic mass is 32.2. The number of thioether (sulfide) groups is 1. The van der Waals surface area contributed by atoms with Gasteiger partial charge in [0.2, 0.25) is 0 Å². The Morgan fingerprint density at radius 1 is 1.11 bits per heavy atom. The fourth-order valence-corrected chi connectivity index (χ4v) is 6.20. The van der Waals surface area contributed by atoms with Crippen molar-refractivity contribution < 1.29 is 22.7 Å². The molecule has 0 radical (unpaired) electrons. The van der Waals surface area contributed by atoms with E-state index in [2.05, 4.69) is 69.0 Å². The van der Waals surface area contributed by atoms with Gasteiger partial charge in [0.05, 0.1) is 5.69 Å². The molecule has 1 saturated heterocycles. The van der Waals surface area contributed by atoms with Crippen LogP contribution in [0.25, 0.3) is 17.1 Å². The number of aryl methyl sites for hydroxylation is 2. The summed E-state index contributed by atoms with van der Waals surface area (Å²) >= 11 is 1.63. The minimum Gasteiger partial charge on any atom is -0.406 e. The summed E-state index contributed by atoms with van der Waals surface area (Å²) in [5, 5.41) is 8.19. The topological polar surface area (TPSA) is 84.6 Å². The Morgan fingerprint density at radius 2 is 1.87 bits per heavy atom. The van der Waals surface area contributed by atoms with E-state index in [0.29, 0.717) is 18.1 Å². The summed E-state index contributed by atoms with van der Waals surface area (Å²) in [6, 6.07) is 19.5. The van der Waals surface area contributed by atoms with Crippen LogP contribution in [0.15, 0.2) is 78.0 Å². The van der Waals surface area contributed by atoms with Gasteiger partial charge >= 0.3 is 12.4 Å². The number of nitrogens with one attached hydrogen (secondary N) is 1. The summed E-state index contributed by atoms with van der Waals surface area (Å²) in [4.78, 5) is 23.9. The van der Waals surface area contributed by atoms with Crippen LogP contribution in [0.2, 0.25) is 0 Å². The van der Waals surface area contributed by atoms with Gasteiger partial charge in [-0.2, -0.15) is 4.99 Å². The summed E-state index contributed by atoms with van der Waals surface area (Å²) in [6.45, 7) is 7.71. The second kappa shape index (κ2) is 14.8. The molecule has 8 nitrogen and oxygen atoms in total. The molecule has 46 heavy (non-hydrogen) atoms. The summed E-state index contributed by atoms with van der Waals surface area (Å²) < 4.78 is 42.7. The van der Waals surface area contributed by atoms with E-state index in [9.17, 15) is 18.0 Å². The molecule has 1 N–H and O–H groups in total. The third-order valence-corrected chi connectivity index (χ3v) is 8.72. The van der Waals surface area contributed by atoms with Gasteiger partial charge in [0.1, 0.15) is 12.1 Å². The van der Waals surface area contributed by atoms with Crippen molar-refractivity contribution in [2.75, 3.05) is 23.7 Å². The van der Waals surface area contributed by atoms with Gasteiger partial charge in [-0.25, -0.2) is 14.5 Å². The van der Waals surface area contributed by atoms with E-state index < -0.39 is 6.36 Å². The smallest absolute Gasteiger partial charge is 0.406 e. The predicted molar refractivity (Wildman–Crippen MR) is 177 cm³/mol. The Balaban J connectivity index is 1.15. The molecule has 1 aliphatic heterocycles. The number of urea groups is 1. The molecule has 1 aromatic heterocycles. The number of amidine groups is 1. The van der Waals surface area contributed by atoms with Gasteiger partial charge in [0, 0.05) is 30.1 Å². The van der Waals surface area contributed by atoms with E-state index in [1.165, 1.54) is 46.4 Å². The fourth-order valence-electron chi connectivity index (χ4n) is 5.25. The third-order valence-electron chi connectivity index (χ3n) is 7.65. The zero-order chi connectivity index (χ0) is 32.7. The number of carbonyl (C=O) groups is 1. The number of halogens is 3. The van der Waals surface area contributed by atoms with Crippen molar-refractivity contribution in [2.24, 2.45) is 4.99 Å². The zero-order valence-corrected chi connectivity index (χ0v) is 26.9. The Bertz CT molecular complexity index is 1650. The Kier molecular flexibility index (Phi) is 10.7. The quantitative estimate of drug-likeness (QED) is 0.186. The van der Waals surface area contributed by atoms with Crippen molar-refractivity contribution in [3.8, 4) is 22.8 Å². The lowest BCUT2D eigenvalue weighted by atomic mass is 9.96. The predicted octanol–water partition coefficient (Wildman–Crippen LogP) is 8.30. The first kappa shape index (κ1) is 33.1. The van der Waals surface area contributed by atoms with Gasteiger partial charge in [0.15, 0.2) is 11.0 Å². The highest BCUT2D eigenvalue weighted by Gasteiger charge is 2.31. The third kappa shape index (κ3) is 8.68. The molecule has 242 valence electrons. The number of benzene rings is 3. The number of amides is 2. The van der Waals surface area contributed by atoms with Crippen LogP contribution < -0.4 is 15.0 Å². The number of anilines is 1. The molecule has 2 amide bonds. The highest BCUT2D eigenvalue weighted by molar-refractivity contribution is 8.14. The Hall–Kier alpha value is -4.32. The molecule has 0 bridgehead atoms. The average Bonchev–Trinajstić information content (AvgIpc) is 3.52. The minimum atomic E-state index is -4.74. The molecular formula is C34H37F3N6O2S. The highest BCUT2D eigenvalue weighted by Crippen LogP contribution is 2.30. The second-order valence-corrected chi connectivity index (χ2v) is 12.3. The van der Waals surface area contributed by atoms with E-state index in [1.807, 2.05) is 24.3 Å². The first-order chi connectivity index (χ1) is 22.1. The largest absolute Gasteiger partial charge is 0.573 e. The van der Waals surface area contributed by atoms with Gasteiger partial charge < -0.3 is 15.0 Å². The lowest BCUT2D eigenvalue weighted by Gasteiger charge is -2.31. The van der Waals surface area contributed by atoms with Crippen LogP contribution in [0.5, 0.6) is 5.75 Å². The molecule has 5 rings (SSSR count). The second-order valence-electron chi connectivity index (χ2n) is 11.2. The first-order valence-corrected chi connectivity index (χ1v) is 16.3. The van der Waals surface area contributed by atoms with Crippen LogP contribution in [0.3, 0.4) is 0 Å². The fraction of sp³-hybridized carbons (Fsp3) is 0.353. The van der Waals surface area contributed by atoms with Crippen LogP contribution in [0, 0.1) is 6.92 Å². The summed E-state index contributed by atoms with van der Waals surface area (Å²) in [5.74, 6) is 1.31. The molecule has 1 atom stereocenters. The van der Waals surface area contributed by atoms with Crippen LogP contribution in [0.1, 0.15) is 55.7 Å². The van der Waals surface area contributed by atoms with Crippen molar-refractivity contribution >= 4 is 28.6 Å². The molecule has 1 fully saturated rings. The molecule has 2 heterocycles. The van der Waals surface area contributed by atoms with Gasteiger partial charge in [-0.3, -0.25) is 0 Å². The van der Waals surface area contributed by atoms with Crippen LogP contribution in [-0.4, -0.2) is 51.2 Å². The van der Waals surface area contributed by atoms with Crippen molar-refractivity contribution in [2.45, 2.75) is 58.7 Å². The summed E-state index contributed by atoms with van der Waals surface area (Å²) in [7, 11) is 0. The number of carbonyl (C=O) groups excluding carboxylic acids is 1. The van der Waals surface area contributed by atoms with Crippen molar-refractivity contribution in [1.29, 1.82) is 0 Å². The molecular weight excluding hydrogens is 613 g/mol. The minimum absolute atomic E-state index is 0.189. The van der Waals surface area contributed by atoms with E-state index in [-0.39, 0.29) is 17.7 Å². The summed E-state index contributed by atoms with van der Waals surface area (Å²) in [6.07, 6.45) is 0.579. The van der Waals surface area contributed by atoms with Gasteiger partial charge in [-0.1, -0.05) is 68.4 Å².